The van der Waals surface area contributed by atoms with Crippen LogP contribution in [0.2, 0.25) is 0 Å². The third-order valence-electron chi connectivity index (χ3n) is 3.43. The molecule has 0 unspecified atom stereocenters. The minimum atomic E-state index is -0.283. The summed E-state index contributed by atoms with van der Waals surface area (Å²) in [5.74, 6) is 0.450. The van der Waals surface area contributed by atoms with Crippen molar-refractivity contribution in [2.75, 3.05) is 6.61 Å². The quantitative estimate of drug-likeness (QED) is 0.556. The van der Waals surface area contributed by atoms with Gasteiger partial charge in [-0.15, -0.1) is 0 Å². The smallest absolute Gasteiger partial charge is 0.271 e. The Labute approximate surface area is 145 Å². The SMILES string of the molecule is CCOc1ccc(C(=O)N/N=C\c2cnn(-c3ccccc3)c2)cc1. The van der Waals surface area contributed by atoms with Crippen molar-refractivity contribution in [2.45, 2.75) is 6.92 Å². The fraction of sp³-hybridized carbons (Fsp3) is 0.105. The van der Waals surface area contributed by atoms with E-state index in [-0.39, 0.29) is 5.91 Å². The van der Waals surface area contributed by atoms with Gasteiger partial charge in [0.1, 0.15) is 5.75 Å². The second kappa shape index (κ2) is 7.92. The Morgan fingerprint density at radius 3 is 2.68 bits per heavy atom. The molecule has 25 heavy (non-hydrogen) atoms. The first-order valence-electron chi connectivity index (χ1n) is 7.92. The minimum Gasteiger partial charge on any atom is -0.494 e. The molecule has 126 valence electrons. The second-order valence-corrected chi connectivity index (χ2v) is 5.21. The van der Waals surface area contributed by atoms with Crippen LogP contribution < -0.4 is 10.2 Å². The number of carbonyl (C=O) groups is 1. The molecule has 1 amide bonds. The molecule has 2 aromatic carbocycles. The van der Waals surface area contributed by atoms with Crippen LogP contribution in [0, 0.1) is 0 Å². The van der Waals surface area contributed by atoms with E-state index in [0.29, 0.717) is 12.2 Å². The summed E-state index contributed by atoms with van der Waals surface area (Å²) in [4.78, 5) is 12.0. The van der Waals surface area contributed by atoms with Crippen LogP contribution in [0.5, 0.6) is 5.75 Å². The molecule has 0 atom stereocenters. The normalized spacial score (nSPS) is 10.8. The number of carbonyl (C=O) groups excluding carboxylic acids is 1. The molecule has 0 saturated heterocycles. The molecule has 0 spiro atoms. The Balaban J connectivity index is 1.59. The number of benzene rings is 2. The van der Waals surface area contributed by atoms with Crippen LogP contribution in [-0.4, -0.2) is 28.5 Å². The highest BCUT2D eigenvalue weighted by molar-refractivity contribution is 5.94. The molecule has 6 heteroatoms. The van der Waals surface area contributed by atoms with Gasteiger partial charge in [-0.2, -0.15) is 10.2 Å². The van der Waals surface area contributed by atoms with Gasteiger partial charge in [0.15, 0.2) is 0 Å². The van der Waals surface area contributed by atoms with E-state index in [4.69, 9.17) is 4.74 Å². The molecular formula is C19H18N4O2. The zero-order chi connectivity index (χ0) is 17.5. The molecule has 0 aliphatic carbocycles. The van der Waals surface area contributed by atoms with Gasteiger partial charge >= 0.3 is 0 Å². The molecule has 0 radical (unpaired) electrons. The number of hydrazone groups is 1. The van der Waals surface area contributed by atoms with Crippen molar-refractivity contribution >= 4 is 12.1 Å². The van der Waals surface area contributed by atoms with E-state index in [0.717, 1.165) is 17.0 Å². The van der Waals surface area contributed by atoms with Crippen LogP contribution in [0.25, 0.3) is 5.69 Å². The summed E-state index contributed by atoms with van der Waals surface area (Å²) in [5, 5.41) is 8.24. The molecule has 1 aromatic heterocycles. The highest BCUT2D eigenvalue weighted by Crippen LogP contribution is 2.12. The average Bonchev–Trinajstić information content (AvgIpc) is 3.12. The fourth-order valence-corrected chi connectivity index (χ4v) is 2.22. The van der Waals surface area contributed by atoms with Crippen LogP contribution in [0.3, 0.4) is 0 Å². The van der Waals surface area contributed by atoms with Crippen molar-refractivity contribution in [3.8, 4) is 11.4 Å². The summed E-state index contributed by atoms with van der Waals surface area (Å²) >= 11 is 0. The van der Waals surface area contributed by atoms with Crippen LogP contribution in [0.4, 0.5) is 0 Å². The van der Waals surface area contributed by atoms with E-state index in [1.165, 1.54) is 0 Å². The van der Waals surface area contributed by atoms with E-state index >= 15 is 0 Å². The van der Waals surface area contributed by atoms with E-state index < -0.39 is 0 Å². The molecule has 0 saturated carbocycles. The number of aromatic nitrogens is 2. The van der Waals surface area contributed by atoms with E-state index in [9.17, 15) is 4.79 Å². The summed E-state index contributed by atoms with van der Waals surface area (Å²) in [6.45, 7) is 2.50. The summed E-state index contributed by atoms with van der Waals surface area (Å²) in [5.41, 5.74) is 4.76. The van der Waals surface area contributed by atoms with Crippen LogP contribution in [0.1, 0.15) is 22.8 Å². The summed E-state index contributed by atoms with van der Waals surface area (Å²) in [6.07, 6.45) is 5.07. The maximum absolute atomic E-state index is 12.0. The van der Waals surface area contributed by atoms with Gasteiger partial charge in [0, 0.05) is 17.3 Å². The summed E-state index contributed by atoms with van der Waals surface area (Å²) < 4.78 is 7.09. The van der Waals surface area contributed by atoms with Crippen molar-refractivity contribution in [1.82, 2.24) is 15.2 Å². The van der Waals surface area contributed by atoms with Gasteiger partial charge in [-0.3, -0.25) is 4.79 Å². The van der Waals surface area contributed by atoms with Crippen LogP contribution in [-0.2, 0) is 0 Å². The first-order valence-corrected chi connectivity index (χ1v) is 7.92. The van der Waals surface area contributed by atoms with Gasteiger partial charge in [-0.1, -0.05) is 18.2 Å². The molecule has 1 N–H and O–H groups in total. The zero-order valence-electron chi connectivity index (χ0n) is 13.8. The predicted molar refractivity (Wildman–Crippen MR) is 96.2 cm³/mol. The van der Waals surface area contributed by atoms with Gasteiger partial charge in [-0.05, 0) is 43.3 Å². The lowest BCUT2D eigenvalue weighted by molar-refractivity contribution is 0.0955. The summed E-state index contributed by atoms with van der Waals surface area (Å²) in [6, 6.07) is 16.7. The number of nitrogens with zero attached hydrogens (tertiary/aromatic N) is 3. The van der Waals surface area contributed by atoms with Gasteiger partial charge < -0.3 is 4.74 Å². The highest BCUT2D eigenvalue weighted by Gasteiger charge is 2.04. The average molecular weight is 334 g/mol. The zero-order valence-corrected chi connectivity index (χ0v) is 13.8. The van der Waals surface area contributed by atoms with E-state index in [1.807, 2.05) is 43.5 Å². The standard InChI is InChI=1S/C19H18N4O2/c1-2-25-18-10-8-16(9-11-18)19(24)22-20-12-15-13-21-23(14-15)17-6-4-3-5-7-17/h3-14H,2H2,1H3,(H,22,24)/b20-12-. The third kappa shape index (κ3) is 4.32. The number of hydrogen-bond donors (Lipinski definition) is 1. The molecule has 0 fully saturated rings. The van der Waals surface area contributed by atoms with Crippen molar-refractivity contribution < 1.29 is 9.53 Å². The lowest BCUT2D eigenvalue weighted by atomic mass is 10.2. The Morgan fingerprint density at radius 2 is 1.96 bits per heavy atom. The number of para-hydroxylation sites is 1. The molecular weight excluding hydrogens is 316 g/mol. The van der Waals surface area contributed by atoms with Crippen LogP contribution >= 0.6 is 0 Å². The van der Waals surface area contributed by atoms with Crippen molar-refractivity contribution in [3.63, 3.8) is 0 Å². The van der Waals surface area contributed by atoms with E-state index in [2.05, 4.69) is 15.6 Å². The minimum absolute atomic E-state index is 0.283. The van der Waals surface area contributed by atoms with Gasteiger partial charge in [0.05, 0.1) is 24.7 Å². The number of rotatable bonds is 6. The van der Waals surface area contributed by atoms with Gasteiger partial charge in [0.2, 0.25) is 0 Å². The highest BCUT2D eigenvalue weighted by atomic mass is 16.5. The molecule has 3 rings (SSSR count). The molecule has 0 bridgehead atoms. The number of ether oxygens (including phenoxy) is 1. The first kappa shape index (κ1) is 16.4. The Morgan fingerprint density at radius 1 is 1.20 bits per heavy atom. The van der Waals surface area contributed by atoms with Crippen molar-refractivity contribution in [1.29, 1.82) is 0 Å². The second-order valence-electron chi connectivity index (χ2n) is 5.21. The predicted octanol–water partition coefficient (Wildman–Crippen LogP) is 3.03. The van der Waals surface area contributed by atoms with Gasteiger partial charge in [0.25, 0.3) is 5.91 Å². The van der Waals surface area contributed by atoms with Crippen molar-refractivity contribution in [3.05, 3.63) is 78.1 Å². The maximum Gasteiger partial charge on any atom is 0.271 e. The van der Waals surface area contributed by atoms with Crippen LogP contribution in [0.15, 0.2) is 72.1 Å². The molecule has 0 aliphatic heterocycles. The topological polar surface area (TPSA) is 68.5 Å². The monoisotopic (exact) mass is 334 g/mol. The molecule has 3 aromatic rings. The van der Waals surface area contributed by atoms with E-state index in [1.54, 1.807) is 41.4 Å². The number of hydrogen-bond acceptors (Lipinski definition) is 4. The third-order valence-corrected chi connectivity index (χ3v) is 3.43. The molecule has 6 nitrogen and oxygen atoms in total. The lowest BCUT2D eigenvalue weighted by Crippen LogP contribution is -2.17. The number of amides is 1. The molecule has 1 heterocycles. The summed E-state index contributed by atoms with van der Waals surface area (Å²) in [7, 11) is 0. The Kier molecular flexibility index (Phi) is 5.21. The molecule has 0 aliphatic rings. The number of nitrogens with one attached hydrogen (secondary N) is 1. The fourth-order valence-electron chi connectivity index (χ4n) is 2.22. The lowest BCUT2D eigenvalue weighted by Gasteiger charge is -2.03. The maximum atomic E-state index is 12.0. The van der Waals surface area contributed by atoms with Gasteiger partial charge in [-0.25, -0.2) is 10.1 Å². The largest absolute Gasteiger partial charge is 0.494 e. The van der Waals surface area contributed by atoms with Crippen molar-refractivity contribution in [2.24, 2.45) is 5.10 Å². The Bertz CT molecular complexity index is 855. The first-order chi connectivity index (χ1) is 12.3. The Hall–Kier alpha value is -3.41.